The van der Waals surface area contributed by atoms with Gasteiger partial charge in [0.05, 0.1) is 5.69 Å². The number of hydrogen-bond donors (Lipinski definition) is 0. The summed E-state index contributed by atoms with van der Waals surface area (Å²) in [5.74, 6) is 0. The van der Waals surface area contributed by atoms with E-state index in [0.29, 0.717) is 0 Å². The van der Waals surface area contributed by atoms with Crippen molar-refractivity contribution >= 4 is 0 Å². The quantitative estimate of drug-likeness (QED) is 0.703. The molecule has 0 fully saturated rings. The van der Waals surface area contributed by atoms with Crippen LogP contribution in [-0.4, -0.2) is 9.97 Å². The van der Waals surface area contributed by atoms with Crippen LogP contribution in [0.1, 0.15) is 11.3 Å². The van der Waals surface area contributed by atoms with Gasteiger partial charge in [-0.1, -0.05) is 60.7 Å². The lowest BCUT2D eigenvalue weighted by atomic mass is 10.1. The van der Waals surface area contributed by atoms with E-state index in [-0.39, 0.29) is 0 Å². The molecular formula is C17H14N2. The van der Waals surface area contributed by atoms with E-state index in [1.165, 1.54) is 5.56 Å². The molecule has 92 valence electrons. The first kappa shape index (κ1) is 11.6. The Morgan fingerprint density at radius 2 is 1.42 bits per heavy atom. The molecule has 0 saturated heterocycles. The van der Waals surface area contributed by atoms with E-state index in [9.17, 15) is 0 Å². The monoisotopic (exact) mass is 246 g/mol. The van der Waals surface area contributed by atoms with Crippen molar-refractivity contribution in [1.29, 1.82) is 0 Å². The second kappa shape index (κ2) is 5.44. The minimum Gasteiger partial charge on any atom is -0.241 e. The zero-order valence-electron chi connectivity index (χ0n) is 10.5. The summed E-state index contributed by atoms with van der Waals surface area (Å²) in [7, 11) is 0. The molecule has 0 amide bonds. The summed E-state index contributed by atoms with van der Waals surface area (Å²) >= 11 is 0. The van der Waals surface area contributed by atoms with Crippen molar-refractivity contribution in [2.45, 2.75) is 6.42 Å². The highest BCUT2D eigenvalue weighted by molar-refractivity contribution is 5.58. The number of benzene rings is 2. The lowest BCUT2D eigenvalue weighted by Gasteiger charge is -2.04. The van der Waals surface area contributed by atoms with Gasteiger partial charge in [-0.25, -0.2) is 9.97 Å². The molecule has 3 rings (SSSR count). The zero-order chi connectivity index (χ0) is 12.9. The van der Waals surface area contributed by atoms with Crippen LogP contribution in [0.15, 0.2) is 73.1 Å². The summed E-state index contributed by atoms with van der Waals surface area (Å²) in [5.41, 5.74) is 4.40. The maximum atomic E-state index is 4.35. The van der Waals surface area contributed by atoms with Crippen LogP contribution >= 0.6 is 0 Å². The van der Waals surface area contributed by atoms with Crippen molar-refractivity contribution in [1.82, 2.24) is 9.97 Å². The molecule has 0 aliphatic heterocycles. The Morgan fingerprint density at radius 1 is 0.737 bits per heavy atom. The lowest BCUT2D eigenvalue weighted by molar-refractivity contribution is 1.03. The van der Waals surface area contributed by atoms with E-state index < -0.39 is 0 Å². The van der Waals surface area contributed by atoms with Gasteiger partial charge in [0, 0.05) is 17.7 Å². The molecule has 0 saturated carbocycles. The summed E-state index contributed by atoms with van der Waals surface area (Å²) in [5, 5.41) is 0. The molecule has 1 heterocycles. The van der Waals surface area contributed by atoms with Crippen LogP contribution < -0.4 is 0 Å². The molecule has 19 heavy (non-hydrogen) atoms. The van der Waals surface area contributed by atoms with Crippen molar-refractivity contribution in [2.24, 2.45) is 0 Å². The Bertz CT molecular complexity index is 648. The molecule has 2 aromatic carbocycles. The third kappa shape index (κ3) is 2.86. The van der Waals surface area contributed by atoms with Gasteiger partial charge in [0.2, 0.25) is 0 Å². The van der Waals surface area contributed by atoms with Crippen LogP contribution in [0.4, 0.5) is 0 Å². The van der Waals surface area contributed by atoms with Crippen LogP contribution in [0, 0.1) is 0 Å². The largest absolute Gasteiger partial charge is 0.241 e. The van der Waals surface area contributed by atoms with E-state index in [4.69, 9.17) is 0 Å². The van der Waals surface area contributed by atoms with Gasteiger partial charge in [-0.2, -0.15) is 0 Å². The predicted octanol–water partition coefficient (Wildman–Crippen LogP) is 3.73. The maximum absolute atomic E-state index is 4.35. The van der Waals surface area contributed by atoms with Gasteiger partial charge < -0.3 is 0 Å². The maximum Gasteiger partial charge on any atom is 0.116 e. The zero-order valence-corrected chi connectivity index (χ0v) is 10.5. The summed E-state index contributed by atoms with van der Waals surface area (Å²) in [6.07, 6.45) is 2.48. The summed E-state index contributed by atoms with van der Waals surface area (Å²) < 4.78 is 0. The average Bonchev–Trinajstić information content (AvgIpc) is 2.49. The third-order valence-electron chi connectivity index (χ3n) is 3.02. The number of aromatic nitrogens is 2. The van der Waals surface area contributed by atoms with E-state index in [0.717, 1.165) is 23.4 Å². The second-order valence-electron chi connectivity index (χ2n) is 4.42. The molecule has 0 spiro atoms. The normalized spacial score (nSPS) is 10.3. The molecule has 0 radical (unpaired) electrons. The molecule has 0 aliphatic rings. The first-order chi connectivity index (χ1) is 9.42. The molecule has 3 aromatic rings. The van der Waals surface area contributed by atoms with E-state index >= 15 is 0 Å². The lowest BCUT2D eigenvalue weighted by Crippen LogP contribution is -1.94. The second-order valence-corrected chi connectivity index (χ2v) is 4.42. The van der Waals surface area contributed by atoms with Crippen LogP contribution in [0.25, 0.3) is 11.3 Å². The van der Waals surface area contributed by atoms with Crippen LogP contribution in [-0.2, 0) is 6.42 Å². The minimum atomic E-state index is 0.837. The number of nitrogens with zero attached hydrogens (tertiary/aromatic N) is 2. The highest BCUT2D eigenvalue weighted by Crippen LogP contribution is 2.17. The van der Waals surface area contributed by atoms with E-state index in [1.54, 1.807) is 6.33 Å². The topological polar surface area (TPSA) is 25.8 Å². The third-order valence-corrected chi connectivity index (χ3v) is 3.02. The first-order valence-corrected chi connectivity index (χ1v) is 6.32. The van der Waals surface area contributed by atoms with Crippen LogP contribution in [0.5, 0.6) is 0 Å². The fourth-order valence-electron chi connectivity index (χ4n) is 2.07. The van der Waals surface area contributed by atoms with Crippen molar-refractivity contribution in [3.05, 3.63) is 84.3 Å². The SMILES string of the molecule is c1ccc(Cc2cc(-c3ccccc3)ncn2)cc1. The first-order valence-electron chi connectivity index (χ1n) is 6.32. The van der Waals surface area contributed by atoms with Gasteiger partial charge in [-0.05, 0) is 11.6 Å². The van der Waals surface area contributed by atoms with Gasteiger partial charge in [-0.15, -0.1) is 0 Å². The Hall–Kier alpha value is -2.48. The number of hydrogen-bond acceptors (Lipinski definition) is 2. The van der Waals surface area contributed by atoms with Gasteiger partial charge in [0.15, 0.2) is 0 Å². The molecule has 2 nitrogen and oxygen atoms in total. The minimum absolute atomic E-state index is 0.837. The fourth-order valence-corrected chi connectivity index (χ4v) is 2.07. The van der Waals surface area contributed by atoms with Crippen molar-refractivity contribution in [3.8, 4) is 11.3 Å². The van der Waals surface area contributed by atoms with Gasteiger partial charge in [-0.3, -0.25) is 0 Å². The molecule has 0 N–H and O–H groups in total. The Labute approximate surface area is 112 Å². The fraction of sp³-hybridized carbons (Fsp3) is 0.0588. The molecular weight excluding hydrogens is 232 g/mol. The average molecular weight is 246 g/mol. The predicted molar refractivity (Wildman–Crippen MR) is 76.7 cm³/mol. The molecule has 0 bridgehead atoms. The number of rotatable bonds is 3. The molecule has 2 heteroatoms. The van der Waals surface area contributed by atoms with Gasteiger partial charge in [0.1, 0.15) is 6.33 Å². The molecule has 0 atom stereocenters. The van der Waals surface area contributed by atoms with Crippen molar-refractivity contribution < 1.29 is 0 Å². The molecule has 0 aliphatic carbocycles. The van der Waals surface area contributed by atoms with E-state index in [2.05, 4.69) is 52.4 Å². The smallest absolute Gasteiger partial charge is 0.116 e. The van der Waals surface area contributed by atoms with Gasteiger partial charge >= 0.3 is 0 Å². The van der Waals surface area contributed by atoms with Crippen molar-refractivity contribution in [2.75, 3.05) is 0 Å². The standard InChI is InChI=1S/C17H14N2/c1-3-7-14(8-4-1)11-16-12-17(19-13-18-16)15-9-5-2-6-10-15/h1-10,12-13H,11H2. The Balaban J connectivity index is 1.89. The Morgan fingerprint density at radius 3 is 2.16 bits per heavy atom. The van der Waals surface area contributed by atoms with E-state index in [1.807, 2.05) is 24.3 Å². The van der Waals surface area contributed by atoms with Crippen molar-refractivity contribution in [3.63, 3.8) is 0 Å². The molecule has 1 aromatic heterocycles. The van der Waals surface area contributed by atoms with Crippen LogP contribution in [0.3, 0.4) is 0 Å². The summed E-state index contributed by atoms with van der Waals surface area (Å²) in [4.78, 5) is 8.69. The highest BCUT2D eigenvalue weighted by Gasteiger charge is 2.02. The Kier molecular flexibility index (Phi) is 3.32. The highest BCUT2D eigenvalue weighted by atomic mass is 14.8. The summed E-state index contributed by atoms with van der Waals surface area (Å²) in [6, 6.07) is 22.6. The van der Waals surface area contributed by atoms with Crippen LogP contribution in [0.2, 0.25) is 0 Å². The molecule has 0 unspecified atom stereocenters. The van der Waals surface area contributed by atoms with Gasteiger partial charge in [0.25, 0.3) is 0 Å². The summed E-state index contributed by atoms with van der Waals surface area (Å²) in [6.45, 7) is 0.